The van der Waals surface area contributed by atoms with Crippen molar-refractivity contribution in [3.63, 3.8) is 0 Å². The number of carbonyl (C=O) groups is 2. The molecule has 0 aliphatic carbocycles. The summed E-state index contributed by atoms with van der Waals surface area (Å²) in [5.74, 6) is -1.08. The summed E-state index contributed by atoms with van der Waals surface area (Å²) in [6.45, 7) is 1.02. The standard InChI is InChI=1S/C15H12BrNO4/c16-13-12(4-6-21-13)14(18)17-5-3-9-1-2-10(15(19)20)7-11(9)8-17/h1-2,4,6-7H,3,5,8H2,(H,19,20). The Labute approximate surface area is 129 Å². The van der Waals surface area contributed by atoms with Crippen molar-refractivity contribution in [3.8, 4) is 0 Å². The second kappa shape index (κ2) is 5.37. The normalized spacial score (nSPS) is 13.9. The van der Waals surface area contributed by atoms with Crippen LogP contribution in [0.5, 0.6) is 0 Å². The Bertz CT molecular complexity index is 722. The van der Waals surface area contributed by atoms with Crippen LogP contribution in [0.3, 0.4) is 0 Å². The maximum absolute atomic E-state index is 12.4. The summed E-state index contributed by atoms with van der Waals surface area (Å²) in [6, 6.07) is 6.69. The van der Waals surface area contributed by atoms with Gasteiger partial charge in [0.05, 0.1) is 17.4 Å². The predicted octanol–water partition coefficient (Wildman–Crippen LogP) is 2.94. The lowest BCUT2D eigenvalue weighted by Crippen LogP contribution is -2.36. The first kappa shape index (κ1) is 13.9. The number of aromatic carboxylic acids is 1. The van der Waals surface area contributed by atoms with Gasteiger partial charge in [0.25, 0.3) is 5.91 Å². The molecular weight excluding hydrogens is 338 g/mol. The maximum atomic E-state index is 12.4. The third-order valence-corrected chi connectivity index (χ3v) is 4.22. The van der Waals surface area contributed by atoms with E-state index in [1.54, 1.807) is 23.1 Å². The molecule has 1 aliphatic rings. The zero-order valence-electron chi connectivity index (χ0n) is 11.0. The lowest BCUT2D eigenvalue weighted by atomic mass is 9.97. The monoisotopic (exact) mass is 349 g/mol. The van der Waals surface area contributed by atoms with Crippen molar-refractivity contribution < 1.29 is 19.1 Å². The minimum absolute atomic E-state index is 0.123. The summed E-state index contributed by atoms with van der Waals surface area (Å²) < 4.78 is 5.50. The van der Waals surface area contributed by atoms with E-state index < -0.39 is 5.97 Å². The fraction of sp³-hybridized carbons (Fsp3) is 0.200. The molecule has 1 aromatic carbocycles. The fourth-order valence-electron chi connectivity index (χ4n) is 2.48. The van der Waals surface area contributed by atoms with Gasteiger partial charge in [-0.1, -0.05) is 6.07 Å². The van der Waals surface area contributed by atoms with Crippen LogP contribution >= 0.6 is 15.9 Å². The molecule has 0 atom stereocenters. The van der Waals surface area contributed by atoms with Crippen LogP contribution in [0.1, 0.15) is 31.8 Å². The van der Waals surface area contributed by atoms with E-state index >= 15 is 0 Å². The van der Waals surface area contributed by atoms with Crippen LogP contribution in [-0.4, -0.2) is 28.4 Å². The summed E-state index contributed by atoms with van der Waals surface area (Å²) in [6.07, 6.45) is 2.17. The third kappa shape index (κ3) is 2.58. The number of hydrogen-bond donors (Lipinski definition) is 1. The van der Waals surface area contributed by atoms with Crippen LogP contribution in [0.15, 0.2) is 39.6 Å². The summed E-state index contributed by atoms with van der Waals surface area (Å²) >= 11 is 3.20. The molecule has 21 heavy (non-hydrogen) atoms. The number of hydrogen-bond acceptors (Lipinski definition) is 3. The number of nitrogens with zero attached hydrogens (tertiary/aromatic N) is 1. The van der Waals surface area contributed by atoms with E-state index in [1.165, 1.54) is 6.26 Å². The maximum Gasteiger partial charge on any atom is 0.335 e. The number of halogens is 1. The second-order valence-electron chi connectivity index (χ2n) is 4.87. The van der Waals surface area contributed by atoms with Crippen molar-refractivity contribution in [3.05, 3.63) is 57.5 Å². The van der Waals surface area contributed by atoms with Gasteiger partial charge in [-0.3, -0.25) is 4.79 Å². The first-order chi connectivity index (χ1) is 10.1. The highest BCUT2D eigenvalue weighted by Crippen LogP contribution is 2.25. The van der Waals surface area contributed by atoms with E-state index in [0.29, 0.717) is 23.3 Å². The van der Waals surface area contributed by atoms with Crippen molar-refractivity contribution in [2.45, 2.75) is 13.0 Å². The Hall–Kier alpha value is -2.08. The molecule has 108 valence electrons. The Morgan fingerprint density at radius 2 is 2.05 bits per heavy atom. The van der Waals surface area contributed by atoms with Gasteiger partial charge in [-0.2, -0.15) is 0 Å². The molecule has 0 saturated carbocycles. The highest BCUT2D eigenvalue weighted by molar-refractivity contribution is 9.10. The quantitative estimate of drug-likeness (QED) is 0.904. The van der Waals surface area contributed by atoms with Crippen LogP contribution in [0.2, 0.25) is 0 Å². The highest BCUT2D eigenvalue weighted by atomic mass is 79.9. The van der Waals surface area contributed by atoms with Crippen LogP contribution < -0.4 is 0 Å². The van der Waals surface area contributed by atoms with Crippen molar-refractivity contribution in [2.24, 2.45) is 0 Å². The van der Waals surface area contributed by atoms with E-state index in [-0.39, 0.29) is 11.5 Å². The number of amides is 1. The molecule has 1 amide bonds. The number of carbonyl (C=O) groups excluding carboxylic acids is 1. The van der Waals surface area contributed by atoms with Crippen LogP contribution in [0, 0.1) is 0 Å². The summed E-state index contributed by atoms with van der Waals surface area (Å²) in [4.78, 5) is 25.2. The fourth-order valence-corrected chi connectivity index (χ4v) is 2.89. The summed E-state index contributed by atoms with van der Waals surface area (Å²) in [5.41, 5.74) is 2.70. The molecule has 3 rings (SSSR count). The molecule has 6 heteroatoms. The number of furan rings is 1. The Kier molecular flexibility index (Phi) is 3.55. The average Bonchev–Trinajstić information content (AvgIpc) is 2.91. The first-order valence-corrected chi connectivity index (χ1v) is 7.23. The lowest BCUT2D eigenvalue weighted by molar-refractivity contribution is 0.0696. The second-order valence-corrected chi connectivity index (χ2v) is 5.59. The zero-order valence-corrected chi connectivity index (χ0v) is 12.6. The smallest absolute Gasteiger partial charge is 0.335 e. The van der Waals surface area contributed by atoms with Crippen LogP contribution in [0.25, 0.3) is 0 Å². The molecule has 0 radical (unpaired) electrons. The molecule has 1 N–H and O–H groups in total. The number of fused-ring (bicyclic) bond motifs is 1. The van der Waals surface area contributed by atoms with E-state index in [2.05, 4.69) is 15.9 Å². The topological polar surface area (TPSA) is 70.8 Å². The van der Waals surface area contributed by atoms with Gasteiger partial charge in [0.2, 0.25) is 0 Å². The summed E-state index contributed by atoms with van der Waals surface area (Å²) in [5, 5.41) is 9.05. The Morgan fingerprint density at radius 1 is 1.24 bits per heavy atom. The molecule has 2 aromatic rings. The number of rotatable bonds is 2. The van der Waals surface area contributed by atoms with Gasteiger partial charge < -0.3 is 14.4 Å². The molecule has 0 spiro atoms. The SMILES string of the molecule is O=C(O)c1ccc2c(c1)CN(C(=O)c1ccoc1Br)CC2. The molecule has 1 aliphatic heterocycles. The highest BCUT2D eigenvalue weighted by Gasteiger charge is 2.24. The minimum atomic E-state index is -0.959. The van der Waals surface area contributed by atoms with E-state index in [0.717, 1.165) is 17.5 Å². The van der Waals surface area contributed by atoms with Gasteiger partial charge in [-0.05, 0) is 51.7 Å². The molecule has 0 saturated heterocycles. The molecule has 0 unspecified atom stereocenters. The lowest BCUT2D eigenvalue weighted by Gasteiger charge is -2.28. The molecule has 5 nitrogen and oxygen atoms in total. The average molecular weight is 350 g/mol. The third-order valence-electron chi connectivity index (χ3n) is 3.60. The van der Waals surface area contributed by atoms with Crippen molar-refractivity contribution in [1.82, 2.24) is 4.90 Å². The van der Waals surface area contributed by atoms with E-state index in [9.17, 15) is 9.59 Å². The van der Waals surface area contributed by atoms with E-state index in [1.807, 2.05) is 6.07 Å². The number of benzene rings is 1. The number of carboxylic acid groups (broad SMARTS) is 1. The largest absolute Gasteiger partial charge is 0.478 e. The van der Waals surface area contributed by atoms with Gasteiger partial charge in [-0.25, -0.2) is 4.79 Å². The van der Waals surface area contributed by atoms with Gasteiger partial charge in [0.15, 0.2) is 4.67 Å². The molecular formula is C15H12BrNO4. The van der Waals surface area contributed by atoms with Crippen molar-refractivity contribution >= 4 is 27.8 Å². The number of carboxylic acids is 1. The molecule has 0 fully saturated rings. The van der Waals surface area contributed by atoms with E-state index in [4.69, 9.17) is 9.52 Å². The van der Waals surface area contributed by atoms with Gasteiger partial charge in [-0.15, -0.1) is 0 Å². The predicted molar refractivity (Wildman–Crippen MR) is 78.3 cm³/mol. The Balaban J connectivity index is 1.87. The molecule has 0 bridgehead atoms. The van der Waals surface area contributed by atoms with Crippen molar-refractivity contribution in [1.29, 1.82) is 0 Å². The van der Waals surface area contributed by atoms with Gasteiger partial charge in [0.1, 0.15) is 0 Å². The van der Waals surface area contributed by atoms with Crippen molar-refractivity contribution in [2.75, 3.05) is 6.54 Å². The Morgan fingerprint density at radius 3 is 2.71 bits per heavy atom. The summed E-state index contributed by atoms with van der Waals surface area (Å²) in [7, 11) is 0. The van der Waals surface area contributed by atoms with Gasteiger partial charge in [0, 0.05) is 13.1 Å². The zero-order chi connectivity index (χ0) is 15.0. The molecule has 2 heterocycles. The molecule has 1 aromatic heterocycles. The minimum Gasteiger partial charge on any atom is -0.478 e. The van der Waals surface area contributed by atoms with Gasteiger partial charge >= 0.3 is 5.97 Å². The van der Waals surface area contributed by atoms with Crippen LogP contribution in [-0.2, 0) is 13.0 Å². The van der Waals surface area contributed by atoms with Crippen LogP contribution in [0.4, 0.5) is 0 Å². The first-order valence-electron chi connectivity index (χ1n) is 6.43.